The molecule has 1 atom stereocenters. The number of hydrogen-bond donors (Lipinski definition) is 0. The molecular weight excluding hydrogens is 238 g/mol. The van der Waals surface area contributed by atoms with E-state index in [4.69, 9.17) is 15.4 Å². The van der Waals surface area contributed by atoms with Crippen molar-refractivity contribution in [2.24, 2.45) is 0 Å². The Morgan fingerprint density at radius 2 is 2.27 bits per heavy atom. The number of ether oxygens (including phenoxy) is 1. The summed E-state index contributed by atoms with van der Waals surface area (Å²) in [6.07, 6.45) is -0.756. The number of benzene rings is 1. The molecule has 4 nitrogen and oxygen atoms in total. The molecule has 1 aromatic rings. The fourth-order valence-electron chi connectivity index (χ4n) is 0.903. The first-order chi connectivity index (χ1) is 7.00. The molecule has 1 rings (SSSR count). The summed E-state index contributed by atoms with van der Waals surface area (Å²) in [4.78, 5) is 11.3. The number of rotatable bonds is 2. The van der Waals surface area contributed by atoms with E-state index >= 15 is 0 Å². The maximum Gasteiger partial charge on any atom is 0.458 e. The van der Waals surface area contributed by atoms with E-state index in [0.29, 0.717) is 5.75 Å². The summed E-state index contributed by atoms with van der Waals surface area (Å²) in [5.74, 6) is 0.397. The van der Waals surface area contributed by atoms with Gasteiger partial charge in [0.05, 0.1) is 7.05 Å². The fourth-order valence-corrected chi connectivity index (χ4v) is 1.23. The van der Waals surface area contributed by atoms with Crippen LogP contribution in [0.2, 0.25) is 0 Å². The second-order valence-electron chi connectivity index (χ2n) is 2.89. The lowest BCUT2D eigenvalue weighted by molar-refractivity contribution is 0.185. The molecule has 82 valence electrons. The Kier molecular flexibility index (Phi) is 4.26. The third-order valence-corrected chi connectivity index (χ3v) is 2.87. The molecule has 1 aromatic carbocycles. The Morgan fingerprint density at radius 1 is 1.60 bits per heavy atom. The zero-order valence-corrected chi connectivity index (χ0v) is 9.84. The third-order valence-electron chi connectivity index (χ3n) is 1.67. The Labute approximate surface area is 95.6 Å². The van der Waals surface area contributed by atoms with E-state index in [-0.39, 0.29) is 0 Å². The van der Waals surface area contributed by atoms with Crippen LogP contribution in [-0.2, 0) is 10.6 Å². The number of hydrogen-bond acceptors (Lipinski definition) is 3. The van der Waals surface area contributed by atoms with Gasteiger partial charge in [-0.25, -0.2) is 4.79 Å². The van der Waals surface area contributed by atoms with Crippen LogP contribution in [0.3, 0.4) is 0 Å². The van der Waals surface area contributed by atoms with Crippen molar-refractivity contribution in [2.45, 2.75) is 6.92 Å². The summed E-state index contributed by atoms with van der Waals surface area (Å²) < 4.78 is 16.5. The highest BCUT2D eigenvalue weighted by Crippen LogP contribution is 2.14. The van der Waals surface area contributed by atoms with Crippen LogP contribution in [0.1, 0.15) is 5.56 Å². The molecule has 0 heterocycles. The predicted molar refractivity (Wildman–Crippen MR) is 59.0 cm³/mol. The molecule has 0 aliphatic heterocycles. The van der Waals surface area contributed by atoms with Gasteiger partial charge < -0.3 is 9.29 Å². The van der Waals surface area contributed by atoms with Crippen molar-refractivity contribution in [3.05, 3.63) is 29.8 Å². The maximum atomic E-state index is 11.3. The van der Waals surface area contributed by atoms with E-state index in [0.717, 1.165) is 9.87 Å². The van der Waals surface area contributed by atoms with Crippen LogP contribution >= 0.6 is 10.7 Å². The van der Waals surface area contributed by atoms with Crippen LogP contribution in [0.5, 0.6) is 5.75 Å². The molecule has 1 amide bonds. The van der Waals surface area contributed by atoms with Gasteiger partial charge in [0.2, 0.25) is 10.7 Å². The molecule has 0 fully saturated rings. The molecule has 0 bridgehead atoms. The highest BCUT2D eigenvalue weighted by atomic mass is 35.7. The molecule has 1 unspecified atom stereocenters. The van der Waals surface area contributed by atoms with Crippen molar-refractivity contribution in [3.63, 3.8) is 0 Å². The summed E-state index contributed by atoms with van der Waals surface area (Å²) in [5.41, 5.74) is 0.968. The van der Waals surface area contributed by atoms with Gasteiger partial charge >= 0.3 is 6.09 Å². The molecule has 0 aliphatic rings. The molecule has 0 N–H and O–H groups in total. The van der Waals surface area contributed by atoms with Crippen LogP contribution < -0.4 is 4.74 Å². The minimum Gasteiger partial charge on any atom is -0.575 e. The van der Waals surface area contributed by atoms with Gasteiger partial charge in [0.25, 0.3) is 0 Å². The third kappa shape index (κ3) is 3.62. The molecular formula is C9H10ClNO3S. The first kappa shape index (κ1) is 12.2. The summed E-state index contributed by atoms with van der Waals surface area (Å²) in [6, 6.07) is 6.97. The van der Waals surface area contributed by atoms with E-state index in [2.05, 4.69) is 0 Å². The molecule has 0 aromatic heterocycles. The Balaban J connectivity index is 2.66. The zero-order chi connectivity index (χ0) is 11.4. The van der Waals surface area contributed by atoms with Gasteiger partial charge in [-0.15, -0.1) is 4.31 Å². The van der Waals surface area contributed by atoms with Gasteiger partial charge in [0.1, 0.15) is 5.75 Å². The van der Waals surface area contributed by atoms with E-state index in [1.54, 1.807) is 18.2 Å². The minimum atomic E-state index is -1.89. The molecule has 6 heteroatoms. The van der Waals surface area contributed by atoms with E-state index in [1.165, 1.54) is 7.05 Å². The topological polar surface area (TPSA) is 52.6 Å². The van der Waals surface area contributed by atoms with Gasteiger partial charge in [-0.2, -0.15) is 0 Å². The van der Waals surface area contributed by atoms with E-state index in [9.17, 15) is 9.35 Å². The SMILES string of the molecule is Cc1cccc(OC(=O)N(C)[S+]([O-])Cl)c1. The fraction of sp³-hybridized carbons (Fsp3) is 0.222. The van der Waals surface area contributed by atoms with Gasteiger partial charge in [0.15, 0.2) is 10.6 Å². The maximum absolute atomic E-state index is 11.3. The Morgan fingerprint density at radius 3 is 2.80 bits per heavy atom. The first-order valence-electron chi connectivity index (χ1n) is 4.11. The van der Waals surface area contributed by atoms with Gasteiger partial charge in [0, 0.05) is 0 Å². The second kappa shape index (κ2) is 5.25. The standard InChI is InChI=1S/C9H10ClNO3S/c1-7-4-3-5-8(6-7)14-9(12)11(2)15(10)13/h3-6H,1-2H3. The first-order valence-corrected chi connectivity index (χ1v) is 6.04. The molecule has 15 heavy (non-hydrogen) atoms. The van der Waals surface area contributed by atoms with Crippen LogP contribution in [0.25, 0.3) is 0 Å². The number of nitrogens with zero attached hydrogens (tertiary/aromatic N) is 1. The molecule has 0 aliphatic carbocycles. The van der Waals surface area contributed by atoms with Crippen LogP contribution in [0.15, 0.2) is 24.3 Å². The minimum absolute atomic E-state index is 0.397. The number of aryl methyl sites for hydroxylation is 1. The van der Waals surface area contributed by atoms with Gasteiger partial charge in [-0.05, 0) is 24.6 Å². The van der Waals surface area contributed by atoms with Crippen molar-refractivity contribution in [2.75, 3.05) is 7.05 Å². The van der Waals surface area contributed by atoms with Crippen LogP contribution in [0, 0.1) is 6.92 Å². The van der Waals surface area contributed by atoms with Crippen LogP contribution in [0.4, 0.5) is 4.79 Å². The van der Waals surface area contributed by atoms with Crippen molar-refractivity contribution in [1.29, 1.82) is 0 Å². The van der Waals surface area contributed by atoms with Crippen molar-refractivity contribution in [1.82, 2.24) is 4.31 Å². The van der Waals surface area contributed by atoms with Gasteiger partial charge in [-0.1, -0.05) is 12.1 Å². The lowest BCUT2D eigenvalue weighted by Gasteiger charge is -2.12. The Hall–Kier alpha value is -0.910. The quantitative estimate of drug-likeness (QED) is 0.753. The number of amides is 1. The van der Waals surface area contributed by atoms with Crippen molar-refractivity contribution < 1.29 is 14.1 Å². The Bertz CT molecular complexity index is 359. The number of carbonyl (C=O) groups is 1. The summed E-state index contributed by atoms with van der Waals surface area (Å²) >= 11 is 0. The van der Waals surface area contributed by atoms with Crippen molar-refractivity contribution in [3.8, 4) is 5.75 Å². The summed E-state index contributed by atoms with van der Waals surface area (Å²) in [6.45, 7) is 1.88. The monoisotopic (exact) mass is 247 g/mol. The van der Waals surface area contributed by atoms with E-state index in [1.807, 2.05) is 13.0 Å². The lowest BCUT2D eigenvalue weighted by Crippen LogP contribution is -2.32. The number of halogens is 1. The molecule has 0 radical (unpaired) electrons. The molecule has 0 saturated carbocycles. The van der Waals surface area contributed by atoms with Crippen molar-refractivity contribution >= 4 is 27.4 Å². The largest absolute Gasteiger partial charge is 0.575 e. The normalized spacial score (nSPS) is 12.0. The smallest absolute Gasteiger partial charge is 0.458 e. The van der Waals surface area contributed by atoms with E-state index < -0.39 is 16.7 Å². The summed E-state index contributed by atoms with van der Waals surface area (Å²) in [7, 11) is 4.62. The molecule has 0 saturated heterocycles. The number of carbonyl (C=O) groups excluding carboxylic acids is 1. The zero-order valence-electron chi connectivity index (χ0n) is 8.27. The molecule has 0 spiro atoms. The second-order valence-corrected chi connectivity index (χ2v) is 4.64. The average Bonchev–Trinajstić information content (AvgIpc) is 2.16. The lowest BCUT2D eigenvalue weighted by atomic mass is 10.2. The summed E-state index contributed by atoms with van der Waals surface area (Å²) in [5, 5.41) is 0. The predicted octanol–water partition coefficient (Wildman–Crippen LogP) is 2.24. The van der Waals surface area contributed by atoms with Gasteiger partial charge in [-0.3, -0.25) is 0 Å². The highest BCUT2D eigenvalue weighted by Gasteiger charge is 2.22. The average molecular weight is 248 g/mol. The highest BCUT2D eigenvalue weighted by molar-refractivity contribution is 8.12. The van der Waals surface area contributed by atoms with Crippen LogP contribution in [-0.4, -0.2) is 22.0 Å².